The molecule has 1 aromatic heterocycles. The molecule has 19 heavy (non-hydrogen) atoms. The van der Waals surface area contributed by atoms with Crippen molar-refractivity contribution in [2.24, 2.45) is 0 Å². The van der Waals surface area contributed by atoms with Gasteiger partial charge in [0.2, 0.25) is 5.88 Å². The first-order valence-electron chi connectivity index (χ1n) is 4.24. The van der Waals surface area contributed by atoms with Crippen LogP contribution in [0.5, 0.6) is 5.88 Å². The number of rotatable bonds is 2. The highest BCUT2D eigenvalue weighted by molar-refractivity contribution is 6.42. The number of pyridine rings is 1. The largest absolute Gasteiger partial charge is 0.454 e. The first-order valence-corrected chi connectivity index (χ1v) is 5.38. The molecule has 0 aliphatic rings. The highest BCUT2D eigenvalue weighted by Crippen LogP contribution is 2.39. The third-order valence-corrected chi connectivity index (χ3v) is 2.62. The van der Waals surface area contributed by atoms with Gasteiger partial charge in [0.1, 0.15) is 5.02 Å². The summed E-state index contributed by atoms with van der Waals surface area (Å²) in [7, 11) is 0. The molecule has 108 valence electrons. The van der Waals surface area contributed by atoms with Crippen molar-refractivity contribution in [1.82, 2.24) is 4.98 Å². The minimum Gasteiger partial charge on any atom is -0.454 e. The van der Waals surface area contributed by atoms with Crippen molar-refractivity contribution in [3.63, 3.8) is 0 Å². The molecule has 1 aromatic rings. The Hall–Kier alpha value is -0.600. The molecular formula is C8H2Cl3F6NO. The summed E-state index contributed by atoms with van der Waals surface area (Å²) >= 11 is 16.2. The van der Waals surface area contributed by atoms with Gasteiger partial charge < -0.3 is 4.74 Å². The van der Waals surface area contributed by atoms with Gasteiger partial charge in [0.15, 0.2) is 5.15 Å². The lowest BCUT2D eigenvalue weighted by Crippen LogP contribution is -2.46. The monoisotopic (exact) mass is 347 g/mol. The summed E-state index contributed by atoms with van der Waals surface area (Å²) in [5.41, 5.74) is 0. The van der Waals surface area contributed by atoms with Crippen LogP contribution in [0.4, 0.5) is 26.3 Å². The first kappa shape index (κ1) is 16.5. The van der Waals surface area contributed by atoms with Gasteiger partial charge >= 0.3 is 12.4 Å². The summed E-state index contributed by atoms with van der Waals surface area (Å²) in [5, 5.41) is -1.41. The standard InChI is InChI=1S/C8H2Cl3F6NO/c9-2-1-3(10)5(18-4(2)11)19-6(7(12,13)14)8(15,16)17/h1,6H. The Bertz CT molecular complexity index is 461. The molecule has 0 radical (unpaired) electrons. The number of aromatic nitrogens is 1. The fourth-order valence-electron chi connectivity index (χ4n) is 0.942. The van der Waals surface area contributed by atoms with Gasteiger partial charge in [-0.15, -0.1) is 0 Å². The number of alkyl halides is 6. The van der Waals surface area contributed by atoms with E-state index in [2.05, 4.69) is 9.72 Å². The fraction of sp³-hybridized carbons (Fsp3) is 0.375. The van der Waals surface area contributed by atoms with E-state index in [4.69, 9.17) is 34.8 Å². The lowest BCUT2D eigenvalue weighted by atomic mass is 10.3. The van der Waals surface area contributed by atoms with Gasteiger partial charge in [-0.05, 0) is 6.07 Å². The summed E-state index contributed by atoms with van der Waals surface area (Å²) in [6.07, 6.45) is -15.4. The van der Waals surface area contributed by atoms with E-state index in [9.17, 15) is 26.3 Å². The minimum absolute atomic E-state index is 0.241. The SMILES string of the molecule is FC(F)(F)C(Oc1nc(Cl)c(Cl)cc1Cl)C(F)(F)F. The van der Waals surface area contributed by atoms with Crippen LogP contribution in [0.15, 0.2) is 6.07 Å². The Morgan fingerprint density at radius 1 is 0.947 bits per heavy atom. The van der Waals surface area contributed by atoms with E-state index in [1.807, 2.05) is 0 Å². The molecule has 0 unspecified atom stereocenters. The molecule has 1 heterocycles. The van der Waals surface area contributed by atoms with E-state index >= 15 is 0 Å². The van der Waals surface area contributed by atoms with Gasteiger partial charge in [-0.3, -0.25) is 0 Å². The van der Waals surface area contributed by atoms with Crippen molar-refractivity contribution in [2.75, 3.05) is 0 Å². The molecule has 1 rings (SSSR count). The van der Waals surface area contributed by atoms with E-state index < -0.39 is 34.5 Å². The van der Waals surface area contributed by atoms with Gasteiger partial charge in [-0.1, -0.05) is 34.8 Å². The Labute approximate surface area is 117 Å². The van der Waals surface area contributed by atoms with E-state index in [0.717, 1.165) is 6.07 Å². The van der Waals surface area contributed by atoms with Crippen LogP contribution < -0.4 is 4.74 Å². The number of nitrogens with zero attached hydrogens (tertiary/aromatic N) is 1. The van der Waals surface area contributed by atoms with Crippen LogP contribution >= 0.6 is 34.8 Å². The van der Waals surface area contributed by atoms with Gasteiger partial charge in [-0.2, -0.15) is 31.3 Å². The molecule has 2 nitrogen and oxygen atoms in total. The Morgan fingerprint density at radius 2 is 1.42 bits per heavy atom. The molecule has 0 bridgehead atoms. The zero-order chi connectivity index (χ0) is 15.0. The summed E-state index contributed by atoms with van der Waals surface area (Å²) in [6.45, 7) is 0. The maximum absolute atomic E-state index is 12.2. The normalized spacial score (nSPS) is 12.9. The van der Waals surface area contributed by atoms with Gasteiger partial charge in [0.25, 0.3) is 6.10 Å². The van der Waals surface area contributed by atoms with Crippen molar-refractivity contribution in [3.05, 3.63) is 21.3 Å². The number of halogens is 9. The average Bonchev–Trinajstić information content (AvgIpc) is 2.17. The van der Waals surface area contributed by atoms with E-state index in [1.54, 1.807) is 0 Å². The second-order valence-electron chi connectivity index (χ2n) is 3.13. The van der Waals surface area contributed by atoms with Gasteiger partial charge in [-0.25, -0.2) is 0 Å². The van der Waals surface area contributed by atoms with E-state index in [1.165, 1.54) is 0 Å². The second-order valence-corrected chi connectivity index (χ2v) is 4.30. The highest BCUT2D eigenvalue weighted by atomic mass is 35.5. The fourth-order valence-corrected chi connectivity index (χ4v) is 1.48. The first-order chi connectivity index (χ1) is 8.43. The van der Waals surface area contributed by atoms with Crippen molar-refractivity contribution in [2.45, 2.75) is 18.5 Å². The summed E-state index contributed by atoms with van der Waals surface area (Å²) in [6, 6.07) is 0.817. The predicted octanol–water partition coefficient (Wildman–Crippen LogP) is 4.91. The lowest BCUT2D eigenvalue weighted by molar-refractivity contribution is -0.300. The third-order valence-electron chi connectivity index (χ3n) is 1.68. The second kappa shape index (κ2) is 5.41. The van der Waals surface area contributed by atoms with Crippen LogP contribution in [0.3, 0.4) is 0 Å². The van der Waals surface area contributed by atoms with E-state index in [-0.39, 0.29) is 5.02 Å². The molecule has 0 fully saturated rings. The Morgan fingerprint density at radius 3 is 1.84 bits per heavy atom. The maximum Gasteiger partial charge on any atom is 0.434 e. The summed E-state index contributed by atoms with van der Waals surface area (Å²) in [4.78, 5) is 3.12. The molecule has 0 saturated carbocycles. The van der Waals surface area contributed by atoms with Crippen molar-refractivity contribution < 1.29 is 31.1 Å². The molecule has 0 spiro atoms. The van der Waals surface area contributed by atoms with Gasteiger partial charge in [0, 0.05) is 0 Å². The quantitative estimate of drug-likeness (QED) is 0.559. The van der Waals surface area contributed by atoms with Crippen molar-refractivity contribution in [3.8, 4) is 5.88 Å². The van der Waals surface area contributed by atoms with Crippen LogP contribution in [0.2, 0.25) is 15.2 Å². The van der Waals surface area contributed by atoms with Crippen LogP contribution in [0, 0.1) is 0 Å². The van der Waals surface area contributed by atoms with Crippen LogP contribution in [-0.2, 0) is 0 Å². The Kier molecular flexibility index (Phi) is 4.69. The smallest absolute Gasteiger partial charge is 0.434 e. The maximum atomic E-state index is 12.2. The average molecular weight is 348 g/mol. The molecule has 0 aromatic carbocycles. The highest BCUT2D eigenvalue weighted by Gasteiger charge is 2.59. The topological polar surface area (TPSA) is 22.1 Å². The van der Waals surface area contributed by atoms with Crippen LogP contribution in [-0.4, -0.2) is 23.4 Å². The summed E-state index contributed by atoms with van der Waals surface area (Å²) in [5.74, 6) is -1.12. The molecule has 0 aliphatic carbocycles. The van der Waals surface area contributed by atoms with Crippen molar-refractivity contribution in [1.29, 1.82) is 0 Å². The molecular weight excluding hydrogens is 346 g/mol. The van der Waals surface area contributed by atoms with Crippen LogP contribution in [0.25, 0.3) is 0 Å². The predicted molar refractivity (Wildman–Crippen MR) is 55.8 cm³/mol. The summed E-state index contributed by atoms with van der Waals surface area (Å²) < 4.78 is 77.2. The molecule has 0 aliphatic heterocycles. The zero-order valence-corrected chi connectivity index (χ0v) is 10.7. The molecule has 0 saturated heterocycles. The molecule has 11 heteroatoms. The van der Waals surface area contributed by atoms with Crippen molar-refractivity contribution >= 4 is 34.8 Å². The molecule has 0 N–H and O–H groups in total. The Balaban J connectivity index is 3.15. The van der Waals surface area contributed by atoms with Gasteiger partial charge in [0.05, 0.1) is 5.02 Å². The lowest BCUT2D eigenvalue weighted by Gasteiger charge is -2.23. The number of hydrogen-bond acceptors (Lipinski definition) is 2. The zero-order valence-electron chi connectivity index (χ0n) is 8.41. The molecule has 0 amide bonds. The number of ether oxygens (including phenoxy) is 1. The molecule has 0 atom stereocenters. The van der Waals surface area contributed by atoms with E-state index in [0.29, 0.717) is 0 Å². The number of hydrogen-bond donors (Lipinski definition) is 0. The van der Waals surface area contributed by atoms with Crippen LogP contribution in [0.1, 0.15) is 0 Å². The minimum atomic E-state index is -5.69. The third kappa shape index (κ3) is 4.19.